The van der Waals surface area contributed by atoms with Crippen molar-refractivity contribution >= 4 is 32.9 Å². The van der Waals surface area contributed by atoms with Crippen molar-refractivity contribution in [2.24, 2.45) is 7.05 Å². The van der Waals surface area contributed by atoms with Crippen molar-refractivity contribution < 1.29 is 22.4 Å². The Morgan fingerprint density at radius 2 is 2.20 bits per heavy atom. The SMILES string of the molecule is CCOC(=O)c1cnn(C)c1NS(=O)(=O)c1ccc2[nH]c(=O)oc2c1. The summed E-state index contributed by atoms with van der Waals surface area (Å²) in [7, 11) is -2.57. The monoisotopic (exact) mass is 366 g/mol. The molecule has 10 nitrogen and oxygen atoms in total. The first-order valence-corrected chi connectivity index (χ1v) is 8.65. The van der Waals surface area contributed by atoms with Gasteiger partial charge in [0.05, 0.1) is 23.2 Å². The van der Waals surface area contributed by atoms with Crippen molar-refractivity contribution in [3.63, 3.8) is 0 Å². The Labute approximate surface area is 141 Å². The molecule has 0 aliphatic carbocycles. The fourth-order valence-electron chi connectivity index (χ4n) is 2.20. The van der Waals surface area contributed by atoms with Gasteiger partial charge >= 0.3 is 11.7 Å². The summed E-state index contributed by atoms with van der Waals surface area (Å²) in [6, 6.07) is 3.91. The quantitative estimate of drug-likeness (QED) is 0.638. The van der Waals surface area contributed by atoms with E-state index in [0.717, 1.165) is 0 Å². The number of nitrogens with zero attached hydrogens (tertiary/aromatic N) is 2. The first-order valence-electron chi connectivity index (χ1n) is 7.16. The molecule has 11 heteroatoms. The lowest BCUT2D eigenvalue weighted by atomic mass is 10.3. The number of anilines is 1. The van der Waals surface area contributed by atoms with Crippen LogP contribution in [0, 0.1) is 0 Å². The van der Waals surface area contributed by atoms with Crippen molar-refractivity contribution in [3.05, 3.63) is 40.5 Å². The van der Waals surface area contributed by atoms with Gasteiger partial charge in [-0.05, 0) is 19.1 Å². The molecule has 0 bridgehead atoms. The number of ether oxygens (including phenoxy) is 1. The molecular weight excluding hydrogens is 352 g/mol. The number of fused-ring (bicyclic) bond motifs is 1. The Kier molecular flexibility index (Phi) is 4.08. The number of esters is 1. The number of aromatic nitrogens is 3. The molecule has 0 fully saturated rings. The van der Waals surface area contributed by atoms with Crippen LogP contribution in [0.25, 0.3) is 11.1 Å². The van der Waals surface area contributed by atoms with E-state index in [1.165, 1.54) is 36.1 Å². The lowest BCUT2D eigenvalue weighted by molar-refractivity contribution is 0.0527. The summed E-state index contributed by atoms with van der Waals surface area (Å²) < 4.78 is 38.5. The number of rotatable bonds is 5. The predicted octanol–water partition coefficient (Wildman–Crippen LogP) is 0.832. The van der Waals surface area contributed by atoms with E-state index in [4.69, 9.17) is 9.15 Å². The summed E-state index contributed by atoms with van der Waals surface area (Å²) in [4.78, 5) is 25.4. The van der Waals surface area contributed by atoms with Crippen LogP contribution < -0.4 is 10.5 Å². The van der Waals surface area contributed by atoms with E-state index in [1.54, 1.807) is 6.92 Å². The van der Waals surface area contributed by atoms with E-state index in [-0.39, 0.29) is 28.5 Å². The average Bonchev–Trinajstić information content (AvgIpc) is 3.09. The first kappa shape index (κ1) is 16.8. The Balaban J connectivity index is 1.99. The molecule has 1 aromatic carbocycles. The molecule has 2 N–H and O–H groups in total. The van der Waals surface area contributed by atoms with Crippen molar-refractivity contribution in [3.8, 4) is 0 Å². The van der Waals surface area contributed by atoms with Gasteiger partial charge < -0.3 is 9.15 Å². The molecule has 2 aromatic heterocycles. The van der Waals surface area contributed by atoms with E-state index in [2.05, 4.69) is 14.8 Å². The number of aromatic amines is 1. The lowest BCUT2D eigenvalue weighted by Gasteiger charge is -2.10. The van der Waals surface area contributed by atoms with Gasteiger partial charge in [0.25, 0.3) is 10.0 Å². The molecule has 0 spiro atoms. The van der Waals surface area contributed by atoms with Gasteiger partial charge in [0, 0.05) is 13.1 Å². The van der Waals surface area contributed by atoms with Gasteiger partial charge in [-0.15, -0.1) is 0 Å². The third-order valence-electron chi connectivity index (χ3n) is 3.37. The van der Waals surface area contributed by atoms with Crippen molar-refractivity contribution in [2.45, 2.75) is 11.8 Å². The highest BCUT2D eigenvalue weighted by Crippen LogP contribution is 2.22. The van der Waals surface area contributed by atoms with Crippen LogP contribution in [0.3, 0.4) is 0 Å². The zero-order chi connectivity index (χ0) is 18.2. The largest absolute Gasteiger partial charge is 0.462 e. The third kappa shape index (κ3) is 3.13. The number of hydrogen-bond donors (Lipinski definition) is 2. The van der Waals surface area contributed by atoms with Crippen LogP contribution in [0.5, 0.6) is 0 Å². The minimum atomic E-state index is -4.05. The van der Waals surface area contributed by atoms with Crippen LogP contribution in [-0.4, -0.2) is 35.8 Å². The Bertz CT molecular complexity index is 1110. The molecule has 132 valence electrons. The summed E-state index contributed by atoms with van der Waals surface area (Å²) in [5.74, 6) is -1.41. The second-order valence-electron chi connectivity index (χ2n) is 5.03. The normalized spacial score (nSPS) is 11.6. The van der Waals surface area contributed by atoms with Crippen molar-refractivity contribution in [1.29, 1.82) is 0 Å². The van der Waals surface area contributed by atoms with Crippen LogP contribution in [0.4, 0.5) is 5.82 Å². The molecule has 0 aliphatic heterocycles. The highest BCUT2D eigenvalue weighted by Gasteiger charge is 2.23. The summed E-state index contributed by atoms with van der Waals surface area (Å²) in [5, 5.41) is 3.88. The smallest absolute Gasteiger partial charge is 0.417 e. The molecule has 0 unspecified atom stereocenters. The summed E-state index contributed by atoms with van der Waals surface area (Å²) in [5.41, 5.74) is 0.461. The van der Waals surface area contributed by atoms with Gasteiger partial charge in [0.2, 0.25) is 0 Å². The standard InChI is InChI=1S/C14H14N4O6S/c1-3-23-13(19)9-7-15-18(2)12(9)17-25(21,22)8-4-5-10-11(6-8)24-14(20)16-10/h4-7,17H,3H2,1-2H3,(H,16,20). The average molecular weight is 366 g/mol. The number of carbonyl (C=O) groups excluding carboxylic acids is 1. The number of carbonyl (C=O) groups is 1. The molecule has 25 heavy (non-hydrogen) atoms. The molecule has 0 radical (unpaired) electrons. The van der Waals surface area contributed by atoms with Crippen LogP contribution in [-0.2, 0) is 21.8 Å². The number of H-pyrrole nitrogens is 1. The van der Waals surface area contributed by atoms with E-state index < -0.39 is 21.7 Å². The summed E-state index contributed by atoms with van der Waals surface area (Å²) in [6.07, 6.45) is 1.21. The van der Waals surface area contributed by atoms with E-state index in [9.17, 15) is 18.0 Å². The van der Waals surface area contributed by atoms with Crippen molar-refractivity contribution in [1.82, 2.24) is 14.8 Å². The van der Waals surface area contributed by atoms with E-state index >= 15 is 0 Å². The Morgan fingerprint density at radius 1 is 1.44 bits per heavy atom. The topological polar surface area (TPSA) is 136 Å². The highest BCUT2D eigenvalue weighted by atomic mass is 32.2. The second-order valence-corrected chi connectivity index (χ2v) is 6.71. The minimum absolute atomic E-state index is 0.0119. The van der Waals surface area contributed by atoms with Gasteiger partial charge in [-0.2, -0.15) is 5.10 Å². The van der Waals surface area contributed by atoms with Gasteiger partial charge in [0.1, 0.15) is 5.56 Å². The fourth-order valence-corrected chi connectivity index (χ4v) is 3.32. The number of sulfonamides is 1. The van der Waals surface area contributed by atoms with Gasteiger partial charge in [-0.1, -0.05) is 0 Å². The minimum Gasteiger partial charge on any atom is -0.462 e. The van der Waals surface area contributed by atoms with E-state index in [1.807, 2.05) is 0 Å². The Hall–Kier alpha value is -3.08. The van der Waals surface area contributed by atoms with Gasteiger partial charge in [-0.3, -0.25) is 14.4 Å². The molecule has 3 rings (SSSR count). The van der Waals surface area contributed by atoms with Crippen LogP contribution in [0.1, 0.15) is 17.3 Å². The van der Waals surface area contributed by atoms with Crippen LogP contribution in [0.15, 0.2) is 38.5 Å². The molecule has 0 aliphatic rings. The third-order valence-corrected chi connectivity index (χ3v) is 4.70. The van der Waals surface area contributed by atoms with Crippen LogP contribution >= 0.6 is 0 Å². The molecular formula is C14H14N4O6S. The van der Waals surface area contributed by atoms with Crippen molar-refractivity contribution in [2.75, 3.05) is 11.3 Å². The number of benzene rings is 1. The summed E-state index contributed by atoms with van der Waals surface area (Å²) >= 11 is 0. The molecule has 0 saturated carbocycles. The maximum Gasteiger partial charge on any atom is 0.417 e. The van der Waals surface area contributed by atoms with Gasteiger partial charge in [0.15, 0.2) is 11.4 Å². The maximum atomic E-state index is 12.6. The number of nitrogens with one attached hydrogen (secondary N) is 2. The molecule has 0 atom stereocenters. The predicted molar refractivity (Wildman–Crippen MR) is 86.8 cm³/mol. The zero-order valence-corrected chi connectivity index (χ0v) is 14.1. The van der Waals surface area contributed by atoms with E-state index in [0.29, 0.717) is 5.52 Å². The molecule has 2 heterocycles. The van der Waals surface area contributed by atoms with Crippen LogP contribution in [0.2, 0.25) is 0 Å². The van der Waals surface area contributed by atoms with Gasteiger partial charge in [-0.25, -0.2) is 18.0 Å². The number of hydrogen-bond acceptors (Lipinski definition) is 7. The number of aryl methyl sites for hydroxylation is 1. The fraction of sp³-hybridized carbons (Fsp3) is 0.214. The summed E-state index contributed by atoms with van der Waals surface area (Å²) in [6.45, 7) is 1.78. The molecule has 0 amide bonds. The Morgan fingerprint density at radius 3 is 2.92 bits per heavy atom. The lowest BCUT2D eigenvalue weighted by Crippen LogP contribution is -2.18. The highest BCUT2D eigenvalue weighted by molar-refractivity contribution is 7.92. The molecule has 3 aromatic rings. The first-order chi connectivity index (χ1) is 11.8. The molecule has 0 saturated heterocycles. The number of oxazole rings is 1. The maximum absolute atomic E-state index is 12.6. The second kappa shape index (κ2) is 6.09. The zero-order valence-electron chi connectivity index (χ0n) is 13.3.